The van der Waals surface area contributed by atoms with Gasteiger partial charge in [0, 0.05) is 19.0 Å². The number of amides is 2. The first kappa shape index (κ1) is 26.4. The highest BCUT2D eigenvalue weighted by Gasteiger charge is 2.40. The number of nitrogens with zero attached hydrogens (tertiary/aromatic N) is 2. The van der Waals surface area contributed by atoms with E-state index in [1.54, 1.807) is 12.1 Å². The summed E-state index contributed by atoms with van der Waals surface area (Å²) >= 11 is 0. The summed E-state index contributed by atoms with van der Waals surface area (Å²) in [6, 6.07) is 15.6. The Morgan fingerprint density at radius 3 is 2.40 bits per heavy atom. The van der Waals surface area contributed by atoms with Gasteiger partial charge in [0.05, 0.1) is 31.5 Å². The van der Waals surface area contributed by atoms with Crippen molar-refractivity contribution in [2.45, 2.75) is 39.5 Å². The molecule has 1 heterocycles. The van der Waals surface area contributed by atoms with Gasteiger partial charge in [0.15, 0.2) is 13.1 Å². The first-order chi connectivity index (χ1) is 16.8. The average Bonchev–Trinajstić information content (AvgIpc) is 2.86. The van der Waals surface area contributed by atoms with Crippen molar-refractivity contribution in [1.82, 2.24) is 4.90 Å². The molecule has 0 spiro atoms. The second kappa shape index (κ2) is 12.0. The lowest BCUT2D eigenvalue weighted by Gasteiger charge is -2.44. The number of likely N-dealkylation sites (N-methyl/N-ethyl adjacent to an activating group) is 1. The number of nitrogens with one attached hydrogen (secondary N) is 1. The van der Waals surface area contributed by atoms with Gasteiger partial charge in [0.1, 0.15) is 0 Å². The topological polar surface area (TPSA) is 75.7 Å². The second-order valence-electron chi connectivity index (χ2n) is 9.42. The fourth-order valence-electron chi connectivity index (χ4n) is 5.22. The van der Waals surface area contributed by atoms with Crippen molar-refractivity contribution in [1.29, 1.82) is 0 Å². The smallest absolute Gasteiger partial charge is 0.339 e. The van der Waals surface area contributed by atoms with Crippen LogP contribution in [-0.4, -0.2) is 73.5 Å². The van der Waals surface area contributed by atoms with E-state index in [-0.39, 0.29) is 30.8 Å². The third kappa shape index (κ3) is 6.48. The molecule has 0 radical (unpaired) electrons. The standard InChI is InChI=1S/C28H37N3O4/c1-5-30(6-2)26(33)20-31(17-11-15-23(18-31)22-13-8-7-9-14-22)19-25(32)29-27-21(3)12-10-16-24(27)28(34)35-4/h7-10,12-14,16,23H,5-6,11,15,17-20H2,1-4H3/p+1. The minimum Gasteiger partial charge on any atom is -0.465 e. The Morgan fingerprint density at radius 1 is 1.03 bits per heavy atom. The van der Waals surface area contributed by atoms with Crippen LogP contribution in [0, 0.1) is 6.92 Å². The minimum absolute atomic E-state index is 0.0719. The van der Waals surface area contributed by atoms with Gasteiger partial charge in [-0.3, -0.25) is 9.59 Å². The molecule has 2 aromatic rings. The predicted octanol–water partition coefficient (Wildman–Crippen LogP) is 3.98. The molecule has 188 valence electrons. The number of aryl methyl sites for hydroxylation is 1. The molecule has 1 saturated heterocycles. The Balaban J connectivity index is 1.88. The summed E-state index contributed by atoms with van der Waals surface area (Å²) < 4.78 is 5.31. The summed E-state index contributed by atoms with van der Waals surface area (Å²) in [7, 11) is 1.33. The second-order valence-corrected chi connectivity index (χ2v) is 9.42. The number of carbonyl (C=O) groups is 3. The van der Waals surface area contributed by atoms with E-state index in [1.807, 2.05) is 49.9 Å². The summed E-state index contributed by atoms with van der Waals surface area (Å²) in [5.74, 6) is -0.341. The Morgan fingerprint density at radius 2 is 1.74 bits per heavy atom. The molecule has 2 atom stereocenters. The number of esters is 1. The molecular weight excluding hydrogens is 442 g/mol. The number of rotatable bonds is 9. The predicted molar refractivity (Wildman–Crippen MR) is 137 cm³/mol. The van der Waals surface area contributed by atoms with Crippen LogP contribution in [0.1, 0.15) is 54.1 Å². The minimum atomic E-state index is -0.494. The highest BCUT2D eigenvalue weighted by Crippen LogP contribution is 2.32. The van der Waals surface area contributed by atoms with Crippen molar-refractivity contribution in [3.05, 3.63) is 65.2 Å². The molecule has 2 amide bonds. The lowest BCUT2D eigenvalue weighted by Crippen LogP contribution is -2.60. The van der Waals surface area contributed by atoms with Gasteiger partial charge in [0.2, 0.25) is 0 Å². The molecule has 3 rings (SSSR count). The normalized spacial score (nSPS) is 19.6. The highest BCUT2D eigenvalue weighted by atomic mass is 16.5. The summed E-state index contributed by atoms with van der Waals surface area (Å²) in [6.07, 6.45) is 1.98. The molecule has 1 fully saturated rings. The molecular formula is C28H38N3O4+. The van der Waals surface area contributed by atoms with Crippen LogP contribution in [0.15, 0.2) is 48.5 Å². The van der Waals surface area contributed by atoms with E-state index in [1.165, 1.54) is 12.7 Å². The molecule has 2 aromatic carbocycles. The number of hydrogen-bond donors (Lipinski definition) is 1. The highest BCUT2D eigenvalue weighted by molar-refractivity contribution is 6.02. The van der Waals surface area contributed by atoms with Gasteiger partial charge >= 0.3 is 5.97 Å². The molecule has 7 heteroatoms. The third-order valence-electron chi connectivity index (χ3n) is 7.07. The summed E-state index contributed by atoms with van der Waals surface area (Å²) in [4.78, 5) is 40.8. The summed E-state index contributed by atoms with van der Waals surface area (Å²) in [5, 5.41) is 2.97. The fourth-order valence-corrected chi connectivity index (χ4v) is 5.22. The van der Waals surface area contributed by atoms with E-state index in [0.29, 0.717) is 28.8 Å². The first-order valence-corrected chi connectivity index (χ1v) is 12.5. The number of quaternary nitrogens is 1. The number of anilines is 1. The Labute approximate surface area is 208 Å². The maximum atomic E-state index is 13.4. The van der Waals surface area contributed by atoms with Gasteiger partial charge in [-0.25, -0.2) is 4.79 Å². The van der Waals surface area contributed by atoms with Gasteiger partial charge in [-0.2, -0.15) is 0 Å². The zero-order valence-corrected chi connectivity index (χ0v) is 21.4. The van der Waals surface area contributed by atoms with Gasteiger partial charge in [-0.05, 0) is 50.8 Å². The van der Waals surface area contributed by atoms with Crippen LogP contribution >= 0.6 is 0 Å². The van der Waals surface area contributed by atoms with Crippen molar-refractivity contribution in [2.75, 3.05) is 51.7 Å². The number of likely N-dealkylation sites (tertiary alicyclic amines) is 1. The van der Waals surface area contributed by atoms with E-state index in [9.17, 15) is 14.4 Å². The quantitative estimate of drug-likeness (QED) is 0.435. The van der Waals surface area contributed by atoms with Gasteiger partial charge in [-0.1, -0.05) is 42.5 Å². The van der Waals surface area contributed by atoms with E-state index in [2.05, 4.69) is 17.4 Å². The molecule has 1 aliphatic heterocycles. The van der Waals surface area contributed by atoms with Crippen molar-refractivity contribution in [3.8, 4) is 0 Å². The van der Waals surface area contributed by atoms with Crippen molar-refractivity contribution in [3.63, 3.8) is 0 Å². The van der Waals surface area contributed by atoms with Crippen LogP contribution in [0.2, 0.25) is 0 Å². The number of hydrogen-bond acceptors (Lipinski definition) is 4. The van der Waals surface area contributed by atoms with E-state index < -0.39 is 5.97 Å². The largest absolute Gasteiger partial charge is 0.465 e. The summed E-state index contributed by atoms with van der Waals surface area (Å²) in [5.41, 5.74) is 2.83. The number of ether oxygens (including phenoxy) is 1. The SMILES string of the molecule is CCN(CC)C(=O)C[N+]1(CC(=O)Nc2c(C)cccc2C(=O)OC)CCCC(c2ccccc2)C1. The third-order valence-corrected chi connectivity index (χ3v) is 7.07. The van der Waals surface area contributed by atoms with Crippen molar-refractivity contribution in [2.24, 2.45) is 0 Å². The maximum Gasteiger partial charge on any atom is 0.339 e. The maximum absolute atomic E-state index is 13.4. The molecule has 0 aliphatic carbocycles. The molecule has 35 heavy (non-hydrogen) atoms. The van der Waals surface area contributed by atoms with Crippen molar-refractivity contribution >= 4 is 23.5 Å². The van der Waals surface area contributed by atoms with Crippen LogP contribution in [0.5, 0.6) is 0 Å². The Kier molecular flexibility index (Phi) is 9.04. The molecule has 0 saturated carbocycles. The van der Waals surface area contributed by atoms with Crippen molar-refractivity contribution < 1.29 is 23.6 Å². The lowest BCUT2D eigenvalue weighted by molar-refractivity contribution is -0.919. The molecule has 7 nitrogen and oxygen atoms in total. The molecule has 2 unspecified atom stereocenters. The first-order valence-electron chi connectivity index (χ1n) is 12.5. The van der Waals surface area contributed by atoms with E-state index in [4.69, 9.17) is 4.74 Å². The van der Waals surface area contributed by atoms with Gasteiger partial charge in [-0.15, -0.1) is 0 Å². The lowest BCUT2D eigenvalue weighted by atomic mass is 9.88. The molecule has 0 bridgehead atoms. The number of carbonyl (C=O) groups excluding carboxylic acids is 3. The van der Waals surface area contributed by atoms with Gasteiger partial charge in [0.25, 0.3) is 11.8 Å². The van der Waals surface area contributed by atoms with Crippen LogP contribution in [-0.2, 0) is 14.3 Å². The number of methoxy groups -OCH3 is 1. The van der Waals surface area contributed by atoms with Crippen LogP contribution in [0.3, 0.4) is 0 Å². The number of para-hydroxylation sites is 1. The fraction of sp³-hybridized carbons (Fsp3) is 0.464. The number of benzene rings is 2. The molecule has 1 aliphatic rings. The Hall–Kier alpha value is -3.19. The summed E-state index contributed by atoms with van der Waals surface area (Å²) in [6.45, 7) is 9.06. The van der Waals surface area contributed by atoms with E-state index in [0.717, 1.165) is 31.5 Å². The van der Waals surface area contributed by atoms with Crippen LogP contribution in [0.4, 0.5) is 5.69 Å². The molecule has 1 N–H and O–H groups in total. The molecule has 0 aromatic heterocycles. The average molecular weight is 481 g/mol. The van der Waals surface area contributed by atoms with Crippen LogP contribution in [0.25, 0.3) is 0 Å². The van der Waals surface area contributed by atoms with Crippen LogP contribution < -0.4 is 5.32 Å². The zero-order valence-electron chi connectivity index (χ0n) is 21.4. The zero-order chi connectivity index (χ0) is 25.4. The van der Waals surface area contributed by atoms with Gasteiger partial charge < -0.3 is 19.4 Å². The van der Waals surface area contributed by atoms with E-state index >= 15 is 0 Å². The monoisotopic (exact) mass is 480 g/mol. The Bertz CT molecular complexity index is 1040. The number of piperidine rings is 1.